The molecule has 0 spiro atoms. The van der Waals surface area contributed by atoms with Crippen LogP contribution in [0, 0.1) is 0 Å². The number of ether oxygens (including phenoxy) is 4. The molecule has 2 atom stereocenters. The molecule has 202 valence electrons. The quantitative estimate of drug-likeness (QED) is 0.467. The second-order valence-electron chi connectivity index (χ2n) is 10.5. The highest BCUT2D eigenvalue weighted by Crippen LogP contribution is 2.36. The summed E-state index contributed by atoms with van der Waals surface area (Å²) < 4.78 is 22.5. The first-order valence-electron chi connectivity index (χ1n) is 13.0. The summed E-state index contributed by atoms with van der Waals surface area (Å²) in [6.07, 6.45) is 1.35. The van der Waals surface area contributed by atoms with E-state index in [2.05, 4.69) is 0 Å². The highest BCUT2D eigenvalue weighted by molar-refractivity contribution is 5.84. The Morgan fingerprint density at radius 2 is 1.95 bits per heavy atom. The molecule has 2 heterocycles. The average molecular weight is 515 g/mol. The minimum atomic E-state index is -0.769. The van der Waals surface area contributed by atoms with E-state index in [9.17, 15) is 9.59 Å². The average Bonchev–Trinajstić information content (AvgIpc) is 3.70. The number of carbonyl (C=O) groups excluding carboxylic acids is 2. The minimum absolute atomic E-state index is 0.0872. The van der Waals surface area contributed by atoms with Crippen LogP contribution in [0.1, 0.15) is 58.8 Å². The molecule has 0 N–H and O–H groups in total. The van der Waals surface area contributed by atoms with Crippen LogP contribution < -0.4 is 4.74 Å². The van der Waals surface area contributed by atoms with Crippen LogP contribution in [0.25, 0.3) is 10.9 Å². The monoisotopic (exact) mass is 514 g/mol. The van der Waals surface area contributed by atoms with Gasteiger partial charge in [0, 0.05) is 32.7 Å². The van der Waals surface area contributed by atoms with Gasteiger partial charge in [-0.05, 0) is 52.7 Å². The molecule has 10 nitrogen and oxygen atoms in total. The van der Waals surface area contributed by atoms with Crippen LogP contribution >= 0.6 is 0 Å². The van der Waals surface area contributed by atoms with E-state index in [0.29, 0.717) is 31.5 Å². The lowest BCUT2D eigenvalue weighted by Crippen LogP contribution is -2.54. The Morgan fingerprint density at radius 1 is 1.19 bits per heavy atom. The molecule has 2 amide bonds. The first-order chi connectivity index (χ1) is 17.7. The summed E-state index contributed by atoms with van der Waals surface area (Å²) in [5.41, 5.74) is 0.148. The molecule has 1 aromatic carbocycles. The molecule has 2 fully saturated rings. The predicted molar refractivity (Wildman–Crippen MR) is 137 cm³/mol. The number of rotatable bonds is 9. The predicted octanol–water partition coefficient (Wildman–Crippen LogP) is 3.73. The van der Waals surface area contributed by atoms with Gasteiger partial charge >= 0.3 is 6.09 Å². The first-order valence-corrected chi connectivity index (χ1v) is 13.0. The van der Waals surface area contributed by atoms with Crippen LogP contribution in [-0.2, 0) is 19.0 Å². The molecule has 1 aromatic heterocycles. The molecule has 0 unspecified atom stereocenters. The summed E-state index contributed by atoms with van der Waals surface area (Å²) >= 11 is 0. The molecule has 2 aromatic rings. The van der Waals surface area contributed by atoms with Gasteiger partial charge in [-0.2, -0.15) is 4.98 Å². The van der Waals surface area contributed by atoms with E-state index in [1.165, 1.54) is 0 Å². The van der Waals surface area contributed by atoms with Crippen molar-refractivity contribution in [2.24, 2.45) is 0 Å². The Labute approximate surface area is 218 Å². The van der Waals surface area contributed by atoms with E-state index >= 15 is 0 Å². The maximum absolute atomic E-state index is 13.8. The second-order valence-corrected chi connectivity index (χ2v) is 10.5. The Kier molecular flexibility index (Phi) is 8.49. The summed E-state index contributed by atoms with van der Waals surface area (Å²) in [7, 11) is 1.66. The van der Waals surface area contributed by atoms with Crippen molar-refractivity contribution < 1.29 is 28.5 Å². The lowest BCUT2D eigenvalue weighted by Gasteiger charge is -2.37. The van der Waals surface area contributed by atoms with E-state index in [4.69, 9.17) is 28.9 Å². The summed E-state index contributed by atoms with van der Waals surface area (Å²) in [6.45, 7) is 9.27. The summed E-state index contributed by atoms with van der Waals surface area (Å²) in [5, 5.41) is 0.823. The van der Waals surface area contributed by atoms with Crippen LogP contribution in [0.2, 0.25) is 0 Å². The van der Waals surface area contributed by atoms with Gasteiger partial charge < -0.3 is 28.7 Å². The smallest absolute Gasteiger partial charge is 0.410 e. The fourth-order valence-corrected chi connectivity index (χ4v) is 4.36. The molecule has 1 aliphatic heterocycles. The SMILES string of the molecule is COCCCOc1nc([C@@H](C)N(C(=O)[C@H]2CN(C(=O)OC(C)(C)C)CCO2)C2CC2)nc2ccccc12. The summed E-state index contributed by atoms with van der Waals surface area (Å²) in [4.78, 5) is 39.3. The highest BCUT2D eigenvalue weighted by Gasteiger charge is 2.42. The normalized spacial score (nSPS) is 18.9. The van der Waals surface area contributed by atoms with Crippen molar-refractivity contribution in [1.29, 1.82) is 0 Å². The number of fused-ring (bicyclic) bond motifs is 1. The van der Waals surface area contributed by atoms with Crippen molar-refractivity contribution >= 4 is 22.9 Å². The Morgan fingerprint density at radius 3 is 2.65 bits per heavy atom. The number of benzene rings is 1. The summed E-state index contributed by atoms with van der Waals surface area (Å²) in [5.74, 6) is 0.847. The van der Waals surface area contributed by atoms with Crippen molar-refractivity contribution in [2.45, 2.75) is 70.7 Å². The van der Waals surface area contributed by atoms with Crippen molar-refractivity contribution in [3.05, 3.63) is 30.1 Å². The number of para-hydroxylation sites is 1. The third-order valence-corrected chi connectivity index (χ3v) is 6.30. The molecular weight excluding hydrogens is 476 g/mol. The Bertz CT molecular complexity index is 1100. The number of aromatic nitrogens is 2. The second kappa shape index (κ2) is 11.6. The van der Waals surface area contributed by atoms with Gasteiger partial charge in [0.2, 0.25) is 5.88 Å². The van der Waals surface area contributed by atoms with Crippen LogP contribution in [0.5, 0.6) is 5.88 Å². The standard InChI is InChI=1S/C27H38N4O6/c1-18(23-28-21-10-7-6-9-20(21)24(29-23)36-15-8-14-34-5)31(19-11-12-19)25(32)22-17-30(13-16-35-22)26(33)37-27(2,3)4/h6-7,9-10,18-19,22H,8,11-17H2,1-5H3/t18-,22-/m1/s1. The van der Waals surface area contributed by atoms with Gasteiger partial charge in [0.15, 0.2) is 11.9 Å². The van der Waals surface area contributed by atoms with Crippen molar-refractivity contribution in [2.75, 3.05) is 40.0 Å². The molecule has 1 saturated carbocycles. The van der Waals surface area contributed by atoms with Crippen LogP contribution in [-0.4, -0.2) is 89.5 Å². The fraction of sp³-hybridized carbons (Fsp3) is 0.630. The van der Waals surface area contributed by atoms with E-state index in [-0.39, 0.29) is 25.1 Å². The van der Waals surface area contributed by atoms with Crippen LogP contribution in [0.3, 0.4) is 0 Å². The highest BCUT2D eigenvalue weighted by atomic mass is 16.6. The fourth-order valence-electron chi connectivity index (χ4n) is 4.36. The van der Waals surface area contributed by atoms with Gasteiger partial charge in [0.1, 0.15) is 5.60 Å². The van der Waals surface area contributed by atoms with Gasteiger partial charge in [0.25, 0.3) is 5.91 Å². The van der Waals surface area contributed by atoms with Crippen molar-refractivity contribution in [1.82, 2.24) is 19.8 Å². The summed E-state index contributed by atoms with van der Waals surface area (Å²) in [6, 6.07) is 7.38. The third kappa shape index (κ3) is 6.87. The first kappa shape index (κ1) is 27.1. The van der Waals surface area contributed by atoms with E-state index in [1.807, 2.05) is 56.9 Å². The minimum Gasteiger partial charge on any atom is -0.477 e. The third-order valence-electron chi connectivity index (χ3n) is 6.30. The number of morpholine rings is 1. The maximum atomic E-state index is 13.8. The molecule has 1 aliphatic carbocycles. The van der Waals surface area contributed by atoms with Gasteiger partial charge in [-0.1, -0.05) is 12.1 Å². The zero-order chi connectivity index (χ0) is 26.6. The van der Waals surface area contributed by atoms with E-state index in [1.54, 1.807) is 12.0 Å². The topological polar surface area (TPSA) is 103 Å². The van der Waals surface area contributed by atoms with Crippen molar-refractivity contribution in [3.8, 4) is 5.88 Å². The Hall–Kier alpha value is -2.98. The van der Waals surface area contributed by atoms with Gasteiger partial charge in [-0.25, -0.2) is 9.78 Å². The lowest BCUT2D eigenvalue weighted by atomic mass is 10.1. The van der Waals surface area contributed by atoms with Crippen LogP contribution in [0.15, 0.2) is 24.3 Å². The number of hydrogen-bond donors (Lipinski definition) is 0. The van der Waals surface area contributed by atoms with Crippen LogP contribution in [0.4, 0.5) is 4.79 Å². The molecular formula is C27H38N4O6. The Balaban J connectivity index is 1.54. The lowest BCUT2D eigenvalue weighted by molar-refractivity contribution is -0.152. The number of methoxy groups -OCH3 is 1. The maximum Gasteiger partial charge on any atom is 0.410 e. The van der Waals surface area contributed by atoms with E-state index in [0.717, 1.165) is 30.2 Å². The van der Waals surface area contributed by atoms with Crippen molar-refractivity contribution in [3.63, 3.8) is 0 Å². The molecule has 0 radical (unpaired) electrons. The van der Waals surface area contributed by atoms with Gasteiger partial charge in [-0.15, -0.1) is 0 Å². The molecule has 4 rings (SSSR count). The number of hydrogen-bond acceptors (Lipinski definition) is 8. The molecule has 2 aliphatic rings. The molecule has 10 heteroatoms. The van der Waals surface area contributed by atoms with E-state index < -0.39 is 23.8 Å². The number of amides is 2. The van der Waals surface area contributed by atoms with Gasteiger partial charge in [0.05, 0.1) is 36.7 Å². The number of carbonyl (C=O) groups is 2. The zero-order valence-electron chi connectivity index (χ0n) is 22.4. The molecule has 1 saturated heterocycles. The van der Waals surface area contributed by atoms with Gasteiger partial charge in [-0.3, -0.25) is 4.79 Å². The molecule has 0 bridgehead atoms. The zero-order valence-corrected chi connectivity index (χ0v) is 22.4. The largest absolute Gasteiger partial charge is 0.477 e. The molecule has 37 heavy (non-hydrogen) atoms. The number of nitrogens with zero attached hydrogens (tertiary/aromatic N) is 4.